The molecule has 1 N–H and O–H groups in total. The van der Waals surface area contributed by atoms with Gasteiger partial charge in [0.15, 0.2) is 0 Å². The molecule has 0 aromatic heterocycles. The number of hydrogen-bond donors (Lipinski definition) is 1. The van der Waals surface area contributed by atoms with Gasteiger partial charge in [0.2, 0.25) is 0 Å². The maximum atomic E-state index is 6.13. The minimum Gasteiger partial charge on any atom is -0.497 e. The zero-order valence-corrected chi connectivity index (χ0v) is 13.1. The van der Waals surface area contributed by atoms with Crippen LogP contribution in [0.1, 0.15) is 44.4 Å². The van der Waals surface area contributed by atoms with Gasteiger partial charge in [0.1, 0.15) is 5.75 Å². The molecule has 1 aromatic carbocycles. The van der Waals surface area contributed by atoms with Crippen LogP contribution in [0.25, 0.3) is 0 Å². The Labute approximate surface area is 122 Å². The summed E-state index contributed by atoms with van der Waals surface area (Å²) in [5.74, 6) is 1.50. The smallest absolute Gasteiger partial charge is 0.119 e. The van der Waals surface area contributed by atoms with Gasteiger partial charge < -0.3 is 14.8 Å². The monoisotopic (exact) mass is 277 g/mol. The van der Waals surface area contributed by atoms with E-state index in [2.05, 4.69) is 38.2 Å². The maximum absolute atomic E-state index is 6.13. The number of rotatable bonds is 7. The van der Waals surface area contributed by atoms with Crippen LogP contribution >= 0.6 is 0 Å². The Balaban J connectivity index is 2.15. The Kier molecular flexibility index (Phi) is 5.44. The third kappa shape index (κ3) is 3.53. The van der Waals surface area contributed by atoms with Gasteiger partial charge in [-0.2, -0.15) is 0 Å². The van der Waals surface area contributed by atoms with E-state index in [0.717, 1.165) is 31.7 Å². The van der Waals surface area contributed by atoms with Crippen LogP contribution in [0.4, 0.5) is 0 Å². The molecule has 0 fully saturated rings. The summed E-state index contributed by atoms with van der Waals surface area (Å²) in [6.07, 6.45) is 2.37. The molecule has 1 aliphatic carbocycles. The molecule has 0 saturated heterocycles. The lowest BCUT2D eigenvalue weighted by atomic mass is 10.1. The third-order valence-corrected chi connectivity index (χ3v) is 3.74. The van der Waals surface area contributed by atoms with Crippen LogP contribution in [0, 0.1) is 5.92 Å². The minimum atomic E-state index is 0.242. The second-order valence-electron chi connectivity index (χ2n) is 5.97. The summed E-state index contributed by atoms with van der Waals surface area (Å²) in [4.78, 5) is 0. The molecule has 1 aliphatic rings. The van der Waals surface area contributed by atoms with Gasteiger partial charge >= 0.3 is 0 Å². The van der Waals surface area contributed by atoms with Crippen LogP contribution < -0.4 is 10.1 Å². The fourth-order valence-electron chi connectivity index (χ4n) is 2.72. The minimum absolute atomic E-state index is 0.242. The Morgan fingerprint density at radius 2 is 2.15 bits per heavy atom. The van der Waals surface area contributed by atoms with Gasteiger partial charge in [0, 0.05) is 13.0 Å². The zero-order valence-electron chi connectivity index (χ0n) is 13.1. The second-order valence-corrected chi connectivity index (χ2v) is 5.97. The largest absolute Gasteiger partial charge is 0.497 e. The molecular formula is C17H27NO2. The van der Waals surface area contributed by atoms with E-state index >= 15 is 0 Å². The van der Waals surface area contributed by atoms with Gasteiger partial charge in [-0.1, -0.05) is 26.8 Å². The fraction of sp³-hybridized carbons (Fsp3) is 0.647. The van der Waals surface area contributed by atoms with E-state index < -0.39 is 0 Å². The Morgan fingerprint density at radius 3 is 2.80 bits per heavy atom. The number of methoxy groups -OCH3 is 1. The summed E-state index contributed by atoms with van der Waals surface area (Å²) in [6.45, 7) is 8.42. The molecule has 0 heterocycles. The molecule has 2 rings (SSSR count). The van der Waals surface area contributed by atoms with Gasteiger partial charge in [-0.15, -0.1) is 0 Å². The van der Waals surface area contributed by atoms with Crippen LogP contribution in [0.3, 0.4) is 0 Å². The van der Waals surface area contributed by atoms with Gasteiger partial charge in [0.25, 0.3) is 0 Å². The van der Waals surface area contributed by atoms with E-state index in [1.165, 1.54) is 11.1 Å². The van der Waals surface area contributed by atoms with Gasteiger partial charge in [0.05, 0.1) is 19.3 Å². The van der Waals surface area contributed by atoms with E-state index in [9.17, 15) is 0 Å². The molecular weight excluding hydrogens is 250 g/mol. The first-order valence-electron chi connectivity index (χ1n) is 7.67. The lowest BCUT2D eigenvalue weighted by Crippen LogP contribution is -2.32. The lowest BCUT2D eigenvalue weighted by molar-refractivity contribution is 0.0193. The summed E-state index contributed by atoms with van der Waals surface area (Å²) in [5.41, 5.74) is 2.72. The molecule has 2 unspecified atom stereocenters. The van der Waals surface area contributed by atoms with Crippen LogP contribution in [-0.4, -0.2) is 26.4 Å². The third-order valence-electron chi connectivity index (χ3n) is 3.74. The number of ether oxygens (including phenoxy) is 2. The molecule has 0 spiro atoms. The van der Waals surface area contributed by atoms with Crippen molar-refractivity contribution >= 4 is 0 Å². The first-order chi connectivity index (χ1) is 9.65. The molecule has 20 heavy (non-hydrogen) atoms. The van der Waals surface area contributed by atoms with Crippen LogP contribution in [0.5, 0.6) is 5.75 Å². The van der Waals surface area contributed by atoms with E-state index in [4.69, 9.17) is 9.47 Å². The van der Waals surface area contributed by atoms with Crippen LogP contribution in [0.2, 0.25) is 0 Å². The van der Waals surface area contributed by atoms with Crippen molar-refractivity contribution in [3.63, 3.8) is 0 Å². The SMILES string of the molecule is CCCNC1c2cc(OC)ccc2CC1OCC(C)C. The van der Waals surface area contributed by atoms with E-state index in [-0.39, 0.29) is 6.10 Å². The van der Waals surface area contributed by atoms with Crippen LogP contribution in [-0.2, 0) is 11.2 Å². The van der Waals surface area contributed by atoms with Crippen molar-refractivity contribution in [1.82, 2.24) is 5.32 Å². The molecule has 112 valence electrons. The summed E-state index contributed by atoms with van der Waals surface area (Å²) >= 11 is 0. The Hall–Kier alpha value is -1.06. The van der Waals surface area contributed by atoms with Crippen molar-refractivity contribution in [2.75, 3.05) is 20.3 Å². The van der Waals surface area contributed by atoms with Crippen molar-refractivity contribution in [2.45, 2.75) is 45.8 Å². The number of benzene rings is 1. The Morgan fingerprint density at radius 1 is 1.35 bits per heavy atom. The number of fused-ring (bicyclic) bond motifs is 1. The lowest BCUT2D eigenvalue weighted by Gasteiger charge is -2.23. The van der Waals surface area contributed by atoms with Crippen molar-refractivity contribution in [2.24, 2.45) is 5.92 Å². The highest BCUT2D eigenvalue weighted by atomic mass is 16.5. The molecule has 2 atom stereocenters. The molecule has 3 nitrogen and oxygen atoms in total. The first-order valence-corrected chi connectivity index (χ1v) is 7.67. The number of nitrogens with one attached hydrogen (secondary N) is 1. The van der Waals surface area contributed by atoms with Crippen molar-refractivity contribution in [3.05, 3.63) is 29.3 Å². The zero-order chi connectivity index (χ0) is 14.5. The molecule has 0 saturated carbocycles. The van der Waals surface area contributed by atoms with Gasteiger partial charge in [-0.25, -0.2) is 0 Å². The highest BCUT2D eigenvalue weighted by Gasteiger charge is 2.33. The molecule has 0 amide bonds. The molecule has 0 aliphatic heterocycles. The van der Waals surface area contributed by atoms with E-state index in [1.807, 2.05) is 6.07 Å². The Bertz CT molecular complexity index is 431. The van der Waals surface area contributed by atoms with Crippen molar-refractivity contribution < 1.29 is 9.47 Å². The maximum Gasteiger partial charge on any atom is 0.119 e. The fourth-order valence-corrected chi connectivity index (χ4v) is 2.72. The molecule has 0 bridgehead atoms. The van der Waals surface area contributed by atoms with Crippen LogP contribution in [0.15, 0.2) is 18.2 Å². The summed E-state index contributed by atoms with van der Waals surface area (Å²) in [6, 6.07) is 6.66. The highest BCUT2D eigenvalue weighted by molar-refractivity contribution is 5.42. The average Bonchev–Trinajstić information content (AvgIpc) is 2.79. The van der Waals surface area contributed by atoms with Crippen molar-refractivity contribution in [3.8, 4) is 5.75 Å². The topological polar surface area (TPSA) is 30.5 Å². The normalized spacial score (nSPS) is 21.2. The highest BCUT2D eigenvalue weighted by Crippen LogP contribution is 2.36. The quantitative estimate of drug-likeness (QED) is 0.829. The molecule has 1 aromatic rings. The molecule has 3 heteroatoms. The summed E-state index contributed by atoms with van der Waals surface area (Å²) < 4.78 is 11.5. The number of hydrogen-bond acceptors (Lipinski definition) is 3. The second kappa shape index (κ2) is 7.09. The summed E-state index contributed by atoms with van der Waals surface area (Å²) in [5, 5.41) is 3.63. The standard InChI is InChI=1S/C17H27NO2/c1-5-8-18-17-15-10-14(19-4)7-6-13(15)9-16(17)20-11-12(2)3/h6-7,10,12,16-18H,5,8-9,11H2,1-4H3. The first kappa shape index (κ1) is 15.3. The predicted molar refractivity (Wildman–Crippen MR) is 82.3 cm³/mol. The van der Waals surface area contributed by atoms with Crippen molar-refractivity contribution in [1.29, 1.82) is 0 Å². The molecule has 0 radical (unpaired) electrons. The van der Waals surface area contributed by atoms with E-state index in [0.29, 0.717) is 12.0 Å². The predicted octanol–water partition coefficient (Wildman–Crippen LogP) is 3.33. The average molecular weight is 277 g/mol. The van der Waals surface area contributed by atoms with E-state index in [1.54, 1.807) is 7.11 Å². The van der Waals surface area contributed by atoms with Gasteiger partial charge in [-0.3, -0.25) is 0 Å². The summed E-state index contributed by atoms with van der Waals surface area (Å²) in [7, 11) is 1.72. The van der Waals surface area contributed by atoms with Gasteiger partial charge in [-0.05, 0) is 42.1 Å².